The Morgan fingerprint density at radius 3 is 2.86 bits per heavy atom. The van der Waals surface area contributed by atoms with Crippen molar-refractivity contribution < 1.29 is 19.0 Å². The van der Waals surface area contributed by atoms with Crippen molar-refractivity contribution in [3.05, 3.63) is 29.5 Å². The minimum atomic E-state index is -0.0416. The van der Waals surface area contributed by atoms with E-state index >= 15 is 0 Å². The predicted octanol–water partition coefficient (Wildman–Crippen LogP) is 2.46. The first-order valence-electron chi connectivity index (χ1n) is 10.8. The van der Waals surface area contributed by atoms with Crippen LogP contribution in [0.3, 0.4) is 0 Å². The normalized spacial score (nSPS) is 40.4. The molecule has 1 aliphatic carbocycles. The van der Waals surface area contributed by atoms with Gasteiger partial charge < -0.3 is 24.0 Å². The number of hydrogen-bond donors (Lipinski definition) is 0. The number of nitrogens with zero attached hydrogens (tertiary/aromatic N) is 2. The van der Waals surface area contributed by atoms with Crippen LogP contribution in [0, 0.1) is 11.8 Å². The van der Waals surface area contributed by atoms with Crippen molar-refractivity contribution in [1.29, 1.82) is 0 Å². The number of benzene rings is 1. The lowest BCUT2D eigenvalue weighted by atomic mass is 9.54. The Hall–Kier alpha value is -2.21. The minimum absolute atomic E-state index is 0.0416. The van der Waals surface area contributed by atoms with Gasteiger partial charge in [0.15, 0.2) is 11.5 Å². The Bertz CT molecular complexity index is 974. The topological polar surface area (TPSA) is 51.2 Å². The highest BCUT2D eigenvalue weighted by Gasteiger charge is 2.70. The fraction of sp³-hybridized carbons (Fsp3) is 0.609. The molecule has 4 fully saturated rings. The molecule has 1 amide bonds. The molecule has 0 unspecified atom stereocenters. The molecule has 0 N–H and O–H groups in total. The predicted molar refractivity (Wildman–Crippen MR) is 106 cm³/mol. The van der Waals surface area contributed by atoms with E-state index in [9.17, 15) is 4.79 Å². The van der Waals surface area contributed by atoms with E-state index in [1.54, 1.807) is 19.8 Å². The molecule has 3 saturated heterocycles. The average molecular weight is 394 g/mol. The van der Waals surface area contributed by atoms with Gasteiger partial charge in [0, 0.05) is 30.0 Å². The summed E-state index contributed by atoms with van der Waals surface area (Å²) in [6.45, 7) is 1.80. The van der Waals surface area contributed by atoms with Crippen LogP contribution in [0.5, 0.6) is 11.5 Å². The molecule has 2 bridgehead atoms. The third-order valence-corrected chi connectivity index (χ3v) is 8.76. The summed E-state index contributed by atoms with van der Waals surface area (Å²) in [5, 5.41) is 0. The van der Waals surface area contributed by atoms with E-state index in [2.05, 4.69) is 22.1 Å². The van der Waals surface area contributed by atoms with Crippen LogP contribution >= 0.6 is 0 Å². The Morgan fingerprint density at radius 2 is 2.03 bits per heavy atom. The van der Waals surface area contributed by atoms with Gasteiger partial charge in [-0.3, -0.25) is 4.79 Å². The number of methoxy groups -OCH3 is 2. The van der Waals surface area contributed by atoms with Crippen LogP contribution in [0.4, 0.5) is 5.69 Å². The van der Waals surface area contributed by atoms with E-state index in [0.29, 0.717) is 30.0 Å². The zero-order chi connectivity index (χ0) is 19.5. The van der Waals surface area contributed by atoms with Gasteiger partial charge in [0.1, 0.15) is 0 Å². The number of carbonyl (C=O) groups excluding carboxylic acids is 1. The highest BCUT2D eigenvalue weighted by molar-refractivity contribution is 5.99. The van der Waals surface area contributed by atoms with Crippen LogP contribution in [0.15, 0.2) is 23.9 Å². The molecule has 1 spiro atoms. The first kappa shape index (κ1) is 16.6. The summed E-state index contributed by atoms with van der Waals surface area (Å²) >= 11 is 0. The molecule has 1 aromatic rings. The molecule has 6 nitrogen and oxygen atoms in total. The van der Waals surface area contributed by atoms with E-state index in [4.69, 9.17) is 14.2 Å². The van der Waals surface area contributed by atoms with Crippen LogP contribution < -0.4 is 14.4 Å². The molecule has 1 aromatic carbocycles. The zero-order valence-corrected chi connectivity index (χ0v) is 16.9. The second kappa shape index (κ2) is 5.28. The Balaban J connectivity index is 1.53. The lowest BCUT2D eigenvalue weighted by molar-refractivity contribution is -0.131. The summed E-state index contributed by atoms with van der Waals surface area (Å²) in [6.07, 6.45) is 6.25. The van der Waals surface area contributed by atoms with Crippen molar-refractivity contribution >= 4 is 11.6 Å². The van der Waals surface area contributed by atoms with Crippen molar-refractivity contribution in [2.45, 2.75) is 49.3 Å². The van der Waals surface area contributed by atoms with Gasteiger partial charge in [-0.05, 0) is 48.6 Å². The molecule has 6 heteroatoms. The Labute approximate surface area is 170 Å². The molecule has 6 atom stereocenters. The third kappa shape index (κ3) is 1.73. The standard InChI is InChI=1S/C23H26N2O4/c1-27-16-8-14-15(9-17(16)28-2)25-20(26)10-18-21-13-7-19-23(14,22(21)25)4-5-24(19)11-12(13)3-6-29-18/h8-9,11,13,18-19,21-22H,3-7,10H2,1-2H3/t13-,18+,19+,21+,22+,23-/m0/s1. The molecule has 0 radical (unpaired) electrons. The van der Waals surface area contributed by atoms with E-state index in [1.807, 2.05) is 6.07 Å². The summed E-state index contributed by atoms with van der Waals surface area (Å²) < 4.78 is 17.6. The number of hydrogen-bond acceptors (Lipinski definition) is 5. The molecule has 29 heavy (non-hydrogen) atoms. The molecule has 5 aliphatic heterocycles. The van der Waals surface area contributed by atoms with Gasteiger partial charge in [-0.1, -0.05) is 0 Å². The number of anilines is 1. The van der Waals surface area contributed by atoms with Gasteiger partial charge in [0.25, 0.3) is 0 Å². The maximum atomic E-state index is 13.5. The molecule has 1 saturated carbocycles. The van der Waals surface area contributed by atoms with Crippen LogP contribution in [0.2, 0.25) is 0 Å². The van der Waals surface area contributed by atoms with Crippen LogP contribution in [-0.2, 0) is 14.9 Å². The second-order valence-electron chi connectivity index (χ2n) is 9.46. The number of rotatable bonds is 2. The van der Waals surface area contributed by atoms with E-state index in [-0.39, 0.29) is 23.5 Å². The first-order chi connectivity index (χ1) is 14.2. The number of ether oxygens (including phenoxy) is 3. The number of fused-ring (bicyclic) bond motifs is 2. The van der Waals surface area contributed by atoms with E-state index in [1.165, 1.54) is 12.0 Å². The SMILES string of the molecule is COc1cc2c(cc1OC)[C@]13CCN4C=C5CCO[C@@H]6CC(=O)N2[C@@H]1[C@@H]6[C@H]5C[C@@H]43. The van der Waals surface area contributed by atoms with Gasteiger partial charge in [-0.25, -0.2) is 0 Å². The van der Waals surface area contributed by atoms with Crippen molar-refractivity contribution in [2.24, 2.45) is 11.8 Å². The Kier molecular flexibility index (Phi) is 3.02. The molecular formula is C23H26N2O4. The zero-order valence-electron chi connectivity index (χ0n) is 16.9. The van der Waals surface area contributed by atoms with Gasteiger partial charge in [0.2, 0.25) is 5.91 Å². The highest BCUT2D eigenvalue weighted by Crippen LogP contribution is 2.66. The summed E-state index contributed by atoms with van der Waals surface area (Å²) in [4.78, 5) is 18.2. The number of carbonyl (C=O) groups is 1. The van der Waals surface area contributed by atoms with Crippen molar-refractivity contribution in [2.75, 3.05) is 32.3 Å². The summed E-state index contributed by atoms with van der Waals surface area (Å²) in [6, 6.07) is 4.83. The summed E-state index contributed by atoms with van der Waals surface area (Å²) in [7, 11) is 3.36. The maximum absolute atomic E-state index is 13.5. The smallest absolute Gasteiger partial charge is 0.229 e. The minimum Gasteiger partial charge on any atom is -0.493 e. The van der Waals surface area contributed by atoms with Gasteiger partial charge >= 0.3 is 0 Å². The lowest BCUT2D eigenvalue weighted by Crippen LogP contribution is -2.68. The monoisotopic (exact) mass is 394 g/mol. The summed E-state index contributed by atoms with van der Waals surface area (Å²) in [5.41, 5.74) is 3.82. The molecule has 5 heterocycles. The van der Waals surface area contributed by atoms with Gasteiger partial charge in [-0.2, -0.15) is 0 Å². The van der Waals surface area contributed by atoms with Crippen molar-refractivity contribution in [3.8, 4) is 11.5 Å². The quantitative estimate of drug-likeness (QED) is 0.771. The van der Waals surface area contributed by atoms with Crippen molar-refractivity contribution in [3.63, 3.8) is 0 Å². The molecule has 7 rings (SSSR count). The highest BCUT2D eigenvalue weighted by atomic mass is 16.5. The van der Waals surface area contributed by atoms with Crippen LogP contribution in [0.25, 0.3) is 0 Å². The van der Waals surface area contributed by atoms with Crippen molar-refractivity contribution in [1.82, 2.24) is 4.90 Å². The van der Waals surface area contributed by atoms with Crippen LogP contribution in [0.1, 0.15) is 31.2 Å². The average Bonchev–Trinajstić information content (AvgIpc) is 3.20. The molecular weight excluding hydrogens is 368 g/mol. The maximum Gasteiger partial charge on any atom is 0.229 e. The van der Waals surface area contributed by atoms with E-state index in [0.717, 1.165) is 37.4 Å². The fourth-order valence-corrected chi connectivity index (χ4v) is 7.82. The second-order valence-corrected chi connectivity index (χ2v) is 9.46. The fourth-order valence-electron chi connectivity index (χ4n) is 7.82. The lowest BCUT2D eigenvalue weighted by Gasteiger charge is -2.57. The third-order valence-electron chi connectivity index (χ3n) is 8.76. The van der Waals surface area contributed by atoms with Gasteiger partial charge in [-0.15, -0.1) is 0 Å². The van der Waals surface area contributed by atoms with E-state index < -0.39 is 0 Å². The largest absolute Gasteiger partial charge is 0.493 e. The number of piperidine rings is 1. The Morgan fingerprint density at radius 1 is 1.21 bits per heavy atom. The number of amides is 1. The first-order valence-corrected chi connectivity index (χ1v) is 10.8. The molecule has 0 aromatic heterocycles. The molecule has 6 aliphatic rings. The van der Waals surface area contributed by atoms with Gasteiger partial charge in [0.05, 0.1) is 45.1 Å². The summed E-state index contributed by atoms with van der Waals surface area (Å²) in [5.74, 6) is 2.57. The molecule has 152 valence electrons. The van der Waals surface area contributed by atoms with Crippen LogP contribution in [-0.4, -0.2) is 56.4 Å².